The summed E-state index contributed by atoms with van der Waals surface area (Å²) in [6.07, 6.45) is 0.963. The van der Waals surface area contributed by atoms with Crippen LogP contribution in [0.1, 0.15) is 28.8 Å². The van der Waals surface area contributed by atoms with E-state index in [0.717, 1.165) is 5.56 Å². The van der Waals surface area contributed by atoms with Crippen LogP contribution in [0.3, 0.4) is 0 Å². The van der Waals surface area contributed by atoms with Gasteiger partial charge in [-0.3, -0.25) is 14.4 Å². The third kappa shape index (κ3) is 2.68. The summed E-state index contributed by atoms with van der Waals surface area (Å²) < 4.78 is 0. The molecule has 0 atom stereocenters. The number of benzene rings is 1. The van der Waals surface area contributed by atoms with E-state index in [0.29, 0.717) is 38.0 Å². The lowest BCUT2D eigenvalue weighted by atomic mass is 9.97. The molecular formula is C16H18N2O4. The number of hydrogen-bond donors (Lipinski definition) is 1. The van der Waals surface area contributed by atoms with Gasteiger partial charge in [-0.25, -0.2) is 0 Å². The maximum atomic E-state index is 12.3. The van der Waals surface area contributed by atoms with E-state index in [2.05, 4.69) is 0 Å². The molecule has 6 nitrogen and oxygen atoms in total. The van der Waals surface area contributed by atoms with E-state index < -0.39 is 5.97 Å². The van der Waals surface area contributed by atoms with Gasteiger partial charge in [0.2, 0.25) is 5.91 Å². The Kier molecular flexibility index (Phi) is 3.83. The average molecular weight is 302 g/mol. The standard InChI is InChI=1S/C16H18N2O4/c19-14(17-7-5-11(6-8-17)16(21)22)10-18-9-12-3-1-2-4-13(12)15(18)20/h1-4,11H,5-10H2,(H,21,22). The second-order valence-electron chi connectivity index (χ2n) is 5.81. The van der Waals surface area contributed by atoms with E-state index in [1.807, 2.05) is 18.2 Å². The zero-order valence-electron chi connectivity index (χ0n) is 12.2. The molecule has 1 aromatic carbocycles. The van der Waals surface area contributed by atoms with Crippen LogP contribution in [0.2, 0.25) is 0 Å². The predicted molar refractivity (Wildman–Crippen MR) is 78.1 cm³/mol. The number of carbonyl (C=O) groups is 3. The fraction of sp³-hybridized carbons (Fsp3) is 0.438. The SMILES string of the molecule is O=C(O)C1CCN(C(=O)CN2Cc3ccccc3C2=O)CC1. The van der Waals surface area contributed by atoms with Gasteiger partial charge < -0.3 is 14.9 Å². The first-order valence-corrected chi connectivity index (χ1v) is 7.44. The minimum absolute atomic E-state index is 0.0608. The molecule has 1 fully saturated rings. The molecule has 2 amide bonds. The second kappa shape index (κ2) is 5.79. The Labute approximate surface area is 128 Å². The van der Waals surface area contributed by atoms with Gasteiger partial charge in [-0.1, -0.05) is 18.2 Å². The van der Waals surface area contributed by atoms with Crippen molar-refractivity contribution in [2.24, 2.45) is 5.92 Å². The topological polar surface area (TPSA) is 77.9 Å². The summed E-state index contributed by atoms with van der Waals surface area (Å²) in [6.45, 7) is 1.42. The Morgan fingerprint density at radius 3 is 2.50 bits per heavy atom. The van der Waals surface area contributed by atoms with Crippen molar-refractivity contribution in [3.8, 4) is 0 Å². The molecule has 1 aromatic rings. The van der Waals surface area contributed by atoms with E-state index in [1.54, 1.807) is 15.9 Å². The van der Waals surface area contributed by atoms with E-state index >= 15 is 0 Å². The van der Waals surface area contributed by atoms with Crippen molar-refractivity contribution in [1.29, 1.82) is 0 Å². The quantitative estimate of drug-likeness (QED) is 0.902. The molecule has 1 N–H and O–H groups in total. The molecule has 0 aromatic heterocycles. The molecule has 0 radical (unpaired) electrons. The first kappa shape index (κ1) is 14.6. The summed E-state index contributed by atoms with van der Waals surface area (Å²) >= 11 is 0. The maximum Gasteiger partial charge on any atom is 0.306 e. The van der Waals surface area contributed by atoms with Gasteiger partial charge in [-0.05, 0) is 24.5 Å². The number of carbonyl (C=O) groups excluding carboxylic acids is 2. The van der Waals surface area contributed by atoms with Crippen LogP contribution in [0.25, 0.3) is 0 Å². The Morgan fingerprint density at radius 1 is 1.18 bits per heavy atom. The van der Waals surface area contributed by atoms with Crippen LogP contribution in [0.4, 0.5) is 0 Å². The van der Waals surface area contributed by atoms with Crippen molar-refractivity contribution >= 4 is 17.8 Å². The monoisotopic (exact) mass is 302 g/mol. The summed E-state index contributed by atoms with van der Waals surface area (Å²) in [7, 11) is 0. The molecule has 2 heterocycles. The van der Waals surface area contributed by atoms with Gasteiger partial charge >= 0.3 is 5.97 Å². The van der Waals surface area contributed by atoms with E-state index in [1.165, 1.54) is 0 Å². The number of rotatable bonds is 3. The highest BCUT2D eigenvalue weighted by Crippen LogP contribution is 2.23. The minimum Gasteiger partial charge on any atom is -0.481 e. The molecule has 0 saturated carbocycles. The smallest absolute Gasteiger partial charge is 0.306 e. The zero-order valence-corrected chi connectivity index (χ0v) is 12.2. The highest BCUT2D eigenvalue weighted by atomic mass is 16.4. The highest BCUT2D eigenvalue weighted by Gasteiger charge is 2.31. The number of aliphatic carboxylic acids is 1. The van der Waals surface area contributed by atoms with Gasteiger partial charge in [0.25, 0.3) is 5.91 Å². The van der Waals surface area contributed by atoms with Gasteiger partial charge in [0.05, 0.1) is 5.92 Å². The van der Waals surface area contributed by atoms with Crippen molar-refractivity contribution in [2.45, 2.75) is 19.4 Å². The molecule has 0 spiro atoms. The molecule has 0 aliphatic carbocycles. The van der Waals surface area contributed by atoms with Crippen LogP contribution in [-0.2, 0) is 16.1 Å². The van der Waals surface area contributed by atoms with Gasteiger partial charge in [0.15, 0.2) is 0 Å². The number of hydrogen-bond acceptors (Lipinski definition) is 3. The fourth-order valence-corrected chi connectivity index (χ4v) is 3.08. The number of amides is 2. The van der Waals surface area contributed by atoms with Crippen molar-refractivity contribution in [2.75, 3.05) is 19.6 Å². The number of fused-ring (bicyclic) bond motifs is 1. The third-order valence-electron chi connectivity index (χ3n) is 4.42. The predicted octanol–water partition coefficient (Wildman–Crippen LogP) is 0.966. The van der Waals surface area contributed by atoms with E-state index in [4.69, 9.17) is 5.11 Å². The largest absolute Gasteiger partial charge is 0.481 e. The Hall–Kier alpha value is -2.37. The molecule has 3 rings (SSSR count). The summed E-state index contributed by atoms with van der Waals surface area (Å²) in [4.78, 5) is 38.7. The number of piperidine rings is 1. The van der Waals surface area contributed by atoms with Crippen LogP contribution in [0, 0.1) is 5.92 Å². The lowest BCUT2D eigenvalue weighted by Gasteiger charge is -2.31. The Balaban J connectivity index is 1.58. The molecule has 0 bridgehead atoms. The second-order valence-corrected chi connectivity index (χ2v) is 5.81. The number of carboxylic acid groups (broad SMARTS) is 1. The van der Waals surface area contributed by atoms with Crippen LogP contribution in [0.15, 0.2) is 24.3 Å². The van der Waals surface area contributed by atoms with Crippen LogP contribution < -0.4 is 0 Å². The van der Waals surface area contributed by atoms with Gasteiger partial charge in [-0.2, -0.15) is 0 Å². The molecule has 0 unspecified atom stereocenters. The lowest BCUT2D eigenvalue weighted by molar-refractivity contribution is -0.145. The lowest BCUT2D eigenvalue weighted by Crippen LogP contribution is -2.45. The molecule has 6 heteroatoms. The third-order valence-corrected chi connectivity index (χ3v) is 4.42. The van der Waals surface area contributed by atoms with Crippen molar-refractivity contribution < 1.29 is 19.5 Å². The average Bonchev–Trinajstić information content (AvgIpc) is 2.84. The summed E-state index contributed by atoms with van der Waals surface area (Å²) in [5.41, 5.74) is 1.62. The summed E-state index contributed by atoms with van der Waals surface area (Å²) in [5, 5.41) is 8.97. The molecule has 2 aliphatic heterocycles. The molecular weight excluding hydrogens is 284 g/mol. The van der Waals surface area contributed by atoms with Gasteiger partial charge in [-0.15, -0.1) is 0 Å². The van der Waals surface area contributed by atoms with Crippen molar-refractivity contribution in [1.82, 2.24) is 9.80 Å². The first-order chi connectivity index (χ1) is 10.6. The molecule has 1 saturated heterocycles. The Bertz CT molecular complexity index is 620. The Morgan fingerprint density at radius 2 is 1.86 bits per heavy atom. The van der Waals surface area contributed by atoms with Crippen LogP contribution in [0.5, 0.6) is 0 Å². The number of nitrogens with zero attached hydrogens (tertiary/aromatic N) is 2. The van der Waals surface area contributed by atoms with Crippen LogP contribution >= 0.6 is 0 Å². The highest BCUT2D eigenvalue weighted by molar-refractivity contribution is 6.00. The maximum absolute atomic E-state index is 12.3. The first-order valence-electron chi connectivity index (χ1n) is 7.44. The normalized spacial score (nSPS) is 18.5. The summed E-state index contributed by atoms with van der Waals surface area (Å²) in [5.74, 6) is -1.37. The van der Waals surface area contributed by atoms with E-state index in [-0.39, 0.29) is 24.3 Å². The van der Waals surface area contributed by atoms with Crippen molar-refractivity contribution in [3.63, 3.8) is 0 Å². The van der Waals surface area contributed by atoms with Crippen molar-refractivity contribution in [3.05, 3.63) is 35.4 Å². The minimum atomic E-state index is -0.794. The number of likely N-dealkylation sites (tertiary alicyclic amines) is 1. The molecule has 2 aliphatic rings. The van der Waals surface area contributed by atoms with Gasteiger partial charge in [0.1, 0.15) is 6.54 Å². The zero-order chi connectivity index (χ0) is 15.7. The summed E-state index contributed by atoms with van der Waals surface area (Å²) in [6, 6.07) is 7.38. The number of carboxylic acids is 1. The van der Waals surface area contributed by atoms with Gasteiger partial charge in [0, 0.05) is 25.2 Å². The van der Waals surface area contributed by atoms with Crippen LogP contribution in [-0.4, -0.2) is 52.3 Å². The fourth-order valence-electron chi connectivity index (χ4n) is 3.08. The molecule has 116 valence electrons. The van der Waals surface area contributed by atoms with E-state index in [9.17, 15) is 14.4 Å². The molecule has 22 heavy (non-hydrogen) atoms.